The first kappa shape index (κ1) is 19.9. The van der Waals surface area contributed by atoms with Crippen molar-refractivity contribution in [1.82, 2.24) is 0 Å². The molecular weight excluding hydrogens is 370 g/mol. The van der Waals surface area contributed by atoms with Gasteiger partial charge in [-0.2, -0.15) is 10.5 Å². The summed E-state index contributed by atoms with van der Waals surface area (Å²) in [5.74, 6) is -0.516. The molecule has 4 heteroatoms. The Balaban J connectivity index is 2.03. The normalized spacial score (nSPS) is 23.8. The lowest BCUT2D eigenvalue weighted by Crippen LogP contribution is -2.47. The summed E-state index contributed by atoms with van der Waals surface area (Å²) in [6.07, 6.45) is 3.92. The van der Waals surface area contributed by atoms with Gasteiger partial charge in [-0.25, -0.2) is 0 Å². The Labute approximate surface area is 178 Å². The second-order valence-corrected chi connectivity index (χ2v) is 9.31. The third-order valence-electron chi connectivity index (χ3n) is 6.33. The standard InChI is InChI=1S/C26H25N3O/c1-17-10-12-20-19(14-17)11-13-21-26(15-27,16-28)22(18-8-6-5-7-9-18)23(29(20)21)24(30)25(2,3)4/h5-14,21-23H,1-4H3. The van der Waals surface area contributed by atoms with Gasteiger partial charge >= 0.3 is 0 Å². The van der Waals surface area contributed by atoms with Gasteiger partial charge in [0.05, 0.1) is 24.2 Å². The summed E-state index contributed by atoms with van der Waals surface area (Å²) in [5.41, 5.74) is 1.91. The van der Waals surface area contributed by atoms with E-state index in [1.54, 1.807) is 0 Å². The molecular formula is C26H25N3O. The number of hydrogen-bond donors (Lipinski definition) is 0. The summed E-state index contributed by atoms with van der Waals surface area (Å²) in [5, 5.41) is 20.7. The number of aryl methyl sites for hydroxylation is 1. The number of nitrogens with zero attached hydrogens (tertiary/aromatic N) is 3. The molecule has 0 saturated carbocycles. The predicted molar refractivity (Wildman–Crippen MR) is 118 cm³/mol. The summed E-state index contributed by atoms with van der Waals surface area (Å²) >= 11 is 0. The van der Waals surface area contributed by atoms with E-state index >= 15 is 0 Å². The van der Waals surface area contributed by atoms with E-state index < -0.39 is 28.8 Å². The largest absolute Gasteiger partial charge is 0.351 e. The van der Waals surface area contributed by atoms with Crippen molar-refractivity contribution in [3.05, 3.63) is 71.3 Å². The number of nitriles is 2. The highest BCUT2D eigenvalue weighted by Gasteiger charge is 2.64. The Morgan fingerprint density at radius 3 is 2.33 bits per heavy atom. The second kappa shape index (κ2) is 6.85. The summed E-state index contributed by atoms with van der Waals surface area (Å²) in [4.78, 5) is 15.9. The molecule has 0 spiro atoms. The van der Waals surface area contributed by atoms with Crippen LogP contribution in [-0.2, 0) is 4.79 Å². The smallest absolute Gasteiger partial charge is 0.176 e. The molecule has 0 aromatic heterocycles. The van der Waals surface area contributed by atoms with Crippen LogP contribution in [0.5, 0.6) is 0 Å². The van der Waals surface area contributed by atoms with Crippen LogP contribution in [0, 0.1) is 40.4 Å². The molecule has 0 radical (unpaired) electrons. The average molecular weight is 396 g/mol. The molecule has 1 saturated heterocycles. The van der Waals surface area contributed by atoms with Crippen molar-refractivity contribution < 1.29 is 4.79 Å². The Kier molecular flexibility index (Phi) is 4.55. The minimum absolute atomic E-state index is 0.0375. The topological polar surface area (TPSA) is 67.9 Å². The molecule has 4 rings (SSSR count). The van der Waals surface area contributed by atoms with E-state index in [9.17, 15) is 15.3 Å². The van der Waals surface area contributed by atoms with Gasteiger partial charge in [0.15, 0.2) is 11.2 Å². The summed E-state index contributed by atoms with van der Waals surface area (Å²) in [6.45, 7) is 7.74. The fourth-order valence-corrected chi connectivity index (χ4v) is 4.89. The highest BCUT2D eigenvalue weighted by Crippen LogP contribution is 2.56. The van der Waals surface area contributed by atoms with Gasteiger partial charge in [-0.15, -0.1) is 0 Å². The maximum absolute atomic E-state index is 13.8. The Morgan fingerprint density at radius 2 is 1.73 bits per heavy atom. The molecule has 2 aromatic rings. The molecule has 30 heavy (non-hydrogen) atoms. The van der Waals surface area contributed by atoms with Crippen LogP contribution < -0.4 is 4.90 Å². The third kappa shape index (κ3) is 2.76. The van der Waals surface area contributed by atoms with Crippen LogP contribution >= 0.6 is 0 Å². The fraction of sp³-hybridized carbons (Fsp3) is 0.346. The summed E-state index contributed by atoms with van der Waals surface area (Å²) < 4.78 is 0. The zero-order chi connectivity index (χ0) is 21.7. The van der Waals surface area contributed by atoms with Crippen LogP contribution in [0.3, 0.4) is 0 Å². The van der Waals surface area contributed by atoms with Crippen LogP contribution in [0.1, 0.15) is 43.4 Å². The molecule has 2 aliphatic heterocycles. The quantitative estimate of drug-likeness (QED) is 0.717. The van der Waals surface area contributed by atoms with Crippen LogP contribution in [-0.4, -0.2) is 17.9 Å². The van der Waals surface area contributed by atoms with Crippen LogP contribution in [0.4, 0.5) is 5.69 Å². The van der Waals surface area contributed by atoms with Crippen molar-refractivity contribution in [1.29, 1.82) is 10.5 Å². The van der Waals surface area contributed by atoms with Gasteiger partial charge in [0.2, 0.25) is 0 Å². The molecule has 0 amide bonds. The number of fused-ring (bicyclic) bond motifs is 3. The maximum Gasteiger partial charge on any atom is 0.176 e. The van der Waals surface area contributed by atoms with E-state index in [1.165, 1.54) is 0 Å². The molecule has 0 N–H and O–H groups in total. The van der Waals surface area contributed by atoms with Gasteiger partial charge in [-0.3, -0.25) is 4.79 Å². The average Bonchev–Trinajstić information content (AvgIpc) is 3.03. The van der Waals surface area contributed by atoms with Crippen molar-refractivity contribution in [3.63, 3.8) is 0 Å². The Bertz CT molecular complexity index is 1100. The third-order valence-corrected chi connectivity index (χ3v) is 6.33. The van der Waals surface area contributed by atoms with Gasteiger partial charge in [0.1, 0.15) is 0 Å². The molecule has 4 nitrogen and oxygen atoms in total. The van der Waals surface area contributed by atoms with Gasteiger partial charge in [0, 0.05) is 17.0 Å². The minimum Gasteiger partial charge on any atom is -0.351 e. The first-order valence-electron chi connectivity index (χ1n) is 10.2. The number of anilines is 1. The highest BCUT2D eigenvalue weighted by atomic mass is 16.1. The van der Waals surface area contributed by atoms with Crippen LogP contribution in [0.25, 0.3) is 6.08 Å². The molecule has 3 atom stereocenters. The van der Waals surface area contributed by atoms with Crippen molar-refractivity contribution in [2.45, 2.75) is 45.7 Å². The van der Waals surface area contributed by atoms with Crippen LogP contribution in [0.15, 0.2) is 54.6 Å². The van der Waals surface area contributed by atoms with Crippen molar-refractivity contribution in [3.8, 4) is 12.1 Å². The van der Waals surface area contributed by atoms with Gasteiger partial charge in [-0.05, 0) is 30.2 Å². The molecule has 1 fully saturated rings. The molecule has 2 aromatic carbocycles. The molecule has 2 heterocycles. The van der Waals surface area contributed by atoms with Gasteiger partial charge in [0.25, 0.3) is 0 Å². The van der Waals surface area contributed by atoms with E-state index in [0.717, 1.165) is 22.4 Å². The summed E-state index contributed by atoms with van der Waals surface area (Å²) in [6, 6.07) is 19.3. The van der Waals surface area contributed by atoms with E-state index in [0.29, 0.717) is 0 Å². The van der Waals surface area contributed by atoms with Crippen LogP contribution in [0.2, 0.25) is 0 Å². The number of ketones is 1. The molecule has 3 unspecified atom stereocenters. The first-order chi connectivity index (χ1) is 14.2. The lowest BCUT2D eigenvalue weighted by molar-refractivity contribution is -0.127. The number of carbonyl (C=O) groups excluding carboxylic acids is 1. The van der Waals surface area contributed by atoms with Crippen molar-refractivity contribution in [2.75, 3.05) is 4.90 Å². The lowest BCUT2D eigenvalue weighted by Gasteiger charge is -2.37. The monoisotopic (exact) mass is 395 g/mol. The van der Waals surface area contributed by atoms with E-state index in [2.05, 4.69) is 18.2 Å². The minimum atomic E-state index is -1.37. The predicted octanol–water partition coefficient (Wildman–Crippen LogP) is 5.01. The molecule has 0 aliphatic carbocycles. The molecule has 150 valence electrons. The zero-order valence-electron chi connectivity index (χ0n) is 17.8. The lowest BCUT2D eigenvalue weighted by atomic mass is 9.68. The number of carbonyl (C=O) groups is 1. The van der Waals surface area contributed by atoms with Gasteiger partial charge in [-0.1, -0.05) is 74.9 Å². The number of Topliss-reactive ketones (excluding diaryl/α,β-unsaturated/α-hetero) is 1. The van der Waals surface area contributed by atoms with E-state index in [4.69, 9.17) is 0 Å². The van der Waals surface area contributed by atoms with E-state index in [1.807, 2.05) is 87.2 Å². The summed E-state index contributed by atoms with van der Waals surface area (Å²) in [7, 11) is 0. The SMILES string of the molecule is Cc1ccc2c(c1)C=CC1N2C(C(=O)C(C)(C)C)C(c2ccccc2)C1(C#N)C#N. The highest BCUT2D eigenvalue weighted by molar-refractivity contribution is 5.96. The molecule has 0 bridgehead atoms. The number of hydrogen-bond acceptors (Lipinski definition) is 4. The number of rotatable bonds is 2. The maximum atomic E-state index is 13.8. The van der Waals surface area contributed by atoms with E-state index in [-0.39, 0.29) is 5.78 Å². The van der Waals surface area contributed by atoms with Crippen molar-refractivity contribution >= 4 is 17.5 Å². The van der Waals surface area contributed by atoms with Gasteiger partial charge < -0.3 is 4.90 Å². The first-order valence-corrected chi connectivity index (χ1v) is 10.2. The zero-order valence-corrected chi connectivity index (χ0v) is 17.8. The fourth-order valence-electron chi connectivity index (χ4n) is 4.89. The molecule has 2 aliphatic rings. The second-order valence-electron chi connectivity index (χ2n) is 9.31. The Hall–Kier alpha value is -3.37. The van der Waals surface area contributed by atoms with Crippen molar-refractivity contribution in [2.24, 2.45) is 10.8 Å². The number of benzene rings is 2. The Morgan fingerprint density at radius 1 is 1.07 bits per heavy atom.